The molecule has 0 spiro atoms. The molecule has 0 amide bonds. The van der Waals surface area contributed by atoms with Gasteiger partial charge in [-0.15, -0.1) is 12.4 Å². The number of rotatable bonds is 0. The Labute approximate surface area is 69.2 Å². The van der Waals surface area contributed by atoms with E-state index in [0.717, 1.165) is 12.5 Å². The monoisotopic (exact) mass is 164 g/mol. The van der Waals surface area contributed by atoms with Gasteiger partial charge in [-0.25, -0.2) is 0 Å². The molecule has 0 aromatic carbocycles. The minimum Gasteiger partial charge on any atom is -0.326 e. The molecule has 0 aromatic rings. The van der Waals surface area contributed by atoms with Crippen molar-refractivity contribution in [1.29, 1.82) is 0 Å². The van der Waals surface area contributed by atoms with Gasteiger partial charge < -0.3 is 10.6 Å². The van der Waals surface area contributed by atoms with Crippen molar-refractivity contribution in [1.82, 2.24) is 4.90 Å². The second-order valence-electron chi connectivity index (χ2n) is 3.19. The second kappa shape index (κ2) is 4.16. The van der Waals surface area contributed by atoms with Crippen LogP contribution in [-0.2, 0) is 0 Å². The molecule has 1 heterocycles. The van der Waals surface area contributed by atoms with Crippen molar-refractivity contribution in [3.8, 4) is 0 Å². The molecule has 1 fully saturated rings. The number of hydrogen-bond acceptors (Lipinski definition) is 2. The maximum absolute atomic E-state index is 5.83. The van der Waals surface area contributed by atoms with E-state index in [1.165, 1.54) is 13.0 Å². The zero-order valence-corrected chi connectivity index (χ0v) is 7.53. The molecule has 2 atom stereocenters. The number of nitrogens with two attached hydrogens (primary N) is 1. The van der Waals surface area contributed by atoms with Crippen LogP contribution in [0.25, 0.3) is 0 Å². The van der Waals surface area contributed by atoms with E-state index in [0.29, 0.717) is 6.04 Å². The van der Waals surface area contributed by atoms with Gasteiger partial charge in [0.1, 0.15) is 0 Å². The molecule has 0 aromatic heterocycles. The minimum absolute atomic E-state index is 0. The van der Waals surface area contributed by atoms with Crippen molar-refractivity contribution in [2.45, 2.75) is 19.4 Å². The Hall–Kier alpha value is 0.210. The van der Waals surface area contributed by atoms with Crippen molar-refractivity contribution < 1.29 is 0 Å². The summed E-state index contributed by atoms with van der Waals surface area (Å²) in [6.07, 6.45) is 1.26. The summed E-state index contributed by atoms with van der Waals surface area (Å²) in [5.74, 6) is 0.723. The lowest BCUT2D eigenvalue weighted by molar-refractivity contribution is 0.201. The number of likely N-dealkylation sites (N-methyl/N-ethyl adjacent to an activating group) is 1. The first kappa shape index (κ1) is 10.2. The van der Waals surface area contributed by atoms with Crippen LogP contribution in [0.1, 0.15) is 13.3 Å². The Morgan fingerprint density at radius 2 is 2.10 bits per heavy atom. The Bertz CT molecular complexity index is 97.6. The van der Waals surface area contributed by atoms with Gasteiger partial charge in [-0.3, -0.25) is 0 Å². The largest absolute Gasteiger partial charge is 0.326 e. The zero-order valence-electron chi connectivity index (χ0n) is 6.71. The first-order valence-electron chi connectivity index (χ1n) is 3.64. The number of nitrogens with zero attached hydrogens (tertiary/aromatic N) is 1. The zero-order chi connectivity index (χ0) is 6.85. The summed E-state index contributed by atoms with van der Waals surface area (Å²) >= 11 is 0. The highest BCUT2D eigenvalue weighted by Gasteiger charge is 2.19. The normalized spacial score (nSPS) is 35.1. The van der Waals surface area contributed by atoms with Crippen LogP contribution in [0.4, 0.5) is 0 Å². The van der Waals surface area contributed by atoms with E-state index in [1.54, 1.807) is 0 Å². The molecular weight excluding hydrogens is 148 g/mol. The van der Waals surface area contributed by atoms with E-state index >= 15 is 0 Å². The predicted molar refractivity (Wildman–Crippen MR) is 46.5 cm³/mol. The third-order valence-electron chi connectivity index (χ3n) is 2.22. The summed E-state index contributed by atoms with van der Waals surface area (Å²) in [4.78, 5) is 2.30. The maximum atomic E-state index is 5.83. The van der Waals surface area contributed by atoms with Crippen molar-refractivity contribution in [2.75, 3.05) is 20.1 Å². The van der Waals surface area contributed by atoms with Gasteiger partial charge in [-0.05, 0) is 25.9 Å². The van der Waals surface area contributed by atoms with Gasteiger partial charge in [0.15, 0.2) is 0 Å². The first-order chi connectivity index (χ1) is 4.20. The fourth-order valence-electron chi connectivity index (χ4n) is 1.27. The smallest absolute Gasteiger partial charge is 0.0194 e. The summed E-state index contributed by atoms with van der Waals surface area (Å²) in [7, 11) is 2.13. The number of likely N-dealkylation sites (tertiary alicyclic amines) is 1. The van der Waals surface area contributed by atoms with Gasteiger partial charge in [0, 0.05) is 12.6 Å². The lowest BCUT2D eigenvalue weighted by atomic mass is 9.95. The van der Waals surface area contributed by atoms with Crippen molar-refractivity contribution >= 4 is 12.4 Å². The number of hydrogen-bond donors (Lipinski definition) is 1. The van der Waals surface area contributed by atoms with Gasteiger partial charge in [0.05, 0.1) is 0 Å². The third-order valence-corrected chi connectivity index (χ3v) is 2.22. The third kappa shape index (κ3) is 2.45. The average molecular weight is 165 g/mol. The molecule has 2 nitrogen and oxygen atoms in total. The molecule has 0 unspecified atom stereocenters. The molecule has 2 N–H and O–H groups in total. The van der Waals surface area contributed by atoms with Gasteiger partial charge >= 0.3 is 0 Å². The van der Waals surface area contributed by atoms with Crippen LogP contribution in [-0.4, -0.2) is 31.1 Å². The van der Waals surface area contributed by atoms with E-state index in [-0.39, 0.29) is 12.4 Å². The summed E-state index contributed by atoms with van der Waals surface area (Å²) in [5.41, 5.74) is 5.83. The van der Waals surface area contributed by atoms with E-state index in [9.17, 15) is 0 Å². The molecular formula is C7H17ClN2. The van der Waals surface area contributed by atoms with Crippen LogP contribution in [0, 0.1) is 5.92 Å². The van der Waals surface area contributed by atoms with Gasteiger partial charge in [-0.1, -0.05) is 6.92 Å². The van der Waals surface area contributed by atoms with Crippen LogP contribution in [0.5, 0.6) is 0 Å². The van der Waals surface area contributed by atoms with E-state index in [1.807, 2.05) is 0 Å². The highest BCUT2D eigenvalue weighted by Crippen LogP contribution is 2.13. The molecule has 1 aliphatic heterocycles. The Balaban J connectivity index is 0.000000810. The molecule has 62 valence electrons. The summed E-state index contributed by atoms with van der Waals surface area (Å²) in [6.45, 7) is 4.52. The number of halogens is 1. The molecule has 3 heteroatoms. The van der Waals surface area contributed by atoms with Gasteiger partial charge in [0.25, 0.3) is 0 Å². The van der Waals surface area contributed by atoms with E-state index in [4.69, 9.17) is 5.73 Å². The standard InChI is InChI=1S/C7H16N2.ClH/c1-6-3-4-9(2)5-7(6)8;/h6-7H,3-5,8H2,1-2H3;1H/t6-,7+;/m1./s1. The van der Waals surface area contributed by atoms with Crippen LogP contribution < -0.4 is 5.73 Å². The number of piperidine rings is 1. The maximum Gasteiger partial charge on any atom is 0.0194 e. The highest BCUT2D eigenvalue weighted by atomic mass is 35.5. The van der Waals surface area contributed by atoms with Gasteiger partial charge in [0.2, 0.25) is 0 Å². The molecule has 0 aliphatic carbocycles. The summed E-state index contributed by atoms with van der Waals surface area (Å²) in [5, 5.41) is 0. The molecule has 0 saturated carbocycles. The molecule has 1 rings (SSSR count). The minimum atomic E-state index is 0. The van der Waals surface area contributed by atoms with E-state index in [2.05, 4.69) is 18.9 Å². The summed E-state index contributed by atoms with van der Waals surface area (Å²) in [6, 6.07) is 0.406. The molecule has 1 aliphatic rings. The van der Waals surface area contributed by atoms with Crippen LogP contribution in [0.3, 0.4) is 0 Å². The topological polar surface area (TPSA) is 29.3 Å². The van der Waals surface area contributed by atoms with Crippen molar-refractivity contribution in [3.63, 3.8) is 0 Å². The van der Waals surface area contributed by atoms with Crippen molar-refractivity contribution in [3.05, 3.63) is 0 Å². The van der Waals surface area contributed by atoms with Crippen molar-refractivity contribution in [2.24, 2.45) is 11.7 Å². The molecule has 10 heavy (non-hydrogen) atoms. The fourth-order valence-corrected chi connectivity index (χ4v) is 1.27. The summed E-state index contributed by atoms with van der Waals surface area (Å²) < 4.78 is 0. The lowest BCUT2D eigenvalue weighted by Crippen LogP contribution is -2.45. The second-order valence-corrected chi connectivity index (χ2v) is 3.19. The molecule has 1 saturated heterocycles. The van der Waals surface area contributed by atoms with Gasteiger partial charge in [-0.2, -0.15) is 0 Å². The Morgan fingerprint density at radius 1 is 1.50 bits per heavy atom. The lowest BCUT2D eigenvalue weighted by Gasteiger charge is -2.32. The van der Waals surface area contributed by atoms with Crippen LogP contribution in [0.2, 0.25) is 0 Å². The predicted octanol–water partition coefficient (Wildman–Crippen LogP) is 0.707. The quantitative estimate of drug-likeness (QED) is 0.572. The van der Waals surface area contributed by atoms with Crippen LogP contribution in [0.15, 0.2) is 0 Å². The Morgan fingerprint density at radius 3 is 2.50 bits per heavy atom. The molecule has 0 radical (unpaired) electrons. The fraction of sp³-hybridized carbons (Fsp3) is 1.00. The van der Waals surface area contributed by atoms with E-state index < -0.39 is 0 Å². The molecule has 0 bridgehead atoms. The van der Waals surface area contributed by atoms with Crippen LogP contribution >= 0.6 is 12.4 Å². The Kier molecular flexibility index (Phi) is 4.25. The SMILES string of the molecule is C[C@@H]1CCN(C)C[C@@H]1N.Cl. The average Bonchev–Trinajstić information content (AvgIpc) is 1.80. The highest BCUT2D eigenvalue weighted by molar-refractivity contribution is 5.85. The first-order valence-corrected chi connectivity index (χ1v) is 3.64.